The van der Waals surface area contributed by atoms with Gasteiger partial charge in [-0.15, -0.1) is 22.7 Å². The predicted molar refractivity (Wildman–Crippen MR) is 79.8 cm³/mol. The standard InChI is InChI=1S/C14H9FN2OS2/c15-10-3-1-9(2-4-10)11-5-6-12(20-11)13(18)17-14-16-7-8-19-14/h1-8H,(H,16,17,18). The number of nitrogens with one attached hydrogen (secondary N) is 1. The number of thiazole rings is 1. The Labute approximate surface area is 122 Å². The molecule has 1 aromatic carbocycles. The second-order valence-corrected chi connectivity index (χ2v) is 5.94. The van der Waals surface area contributed by atoms with Crippen molar-refractivity contribution in [2.75, 3.05) is 5.32 Å². The third-order valence-electron chi connectivity index (χ3n) is 2.61. The Morgan fingerprint density at radius 3 is 2.65 bits per heavy atom. The lowest BCUT2D eigenvalue weighted by Crippen LogP contribution is -2.09. The summed E-state index contributed by atoms with van der Waals surface area (Å²) < 4.78 is 12.9. The molecule has 1 N–H and O–H groups in total. The van der Waals surface area contributed by atoms with Crippen molar-refractivity contribution in [1.29, 1.82) is 0 Å². The Kier molecular flexibility index (Phi) is 3.58. The first-order valence-electron chi connectivity index (χ1n) is 5.79. The molecule has 3 aromatic rings. The molecule has 0 unspecified atom stereocenters. The highest BCUT2D eigenvalue weighted by molar-refractivity contribution is 7.17. The van der Waals surface area contributed by atoms with Crippen LogP contribution in [0.4, 0.5) is 9.52 Å². The van der Waals surface area contributed by atoms with E-state index in [0.717, 1.165) is 10.4 Å². The van der Waals surface area contributed by atoms with Crippen molar-refractivity contribution in [2.45, 2.75) is 0 Å². The number of nitrogens with zero attached hydrogens (tertiary/aromatic N) is 1. The molecule has 0 aliphatic rings. The average molecular weight is 304 g/mol. The van der Waals surface area contributed by atoms with E-state index in [1.807, 2.05) is 6.07 Å². The van der Waals surface area contributed by atoms with E-state index in [-0.39, 0.29) is 11.7 Å². The lowest BCUT2D eigenvalue weighted by Gasteiger charge is -1.98. The summed E-state index contributed by atoms with van der Waals surface area (Å²) in [7, 11) is 0. The first-order valence-corrected chi connectivity index (χ1v) is 7.48. The fourth-order valence-corrected chi connectivity index (χ4v) is 3.10. The summed E-state index contributed by atoms with van der Waals surface area (Å²) in [4.78, 5) is 17.5. The SMILES string of the molecule is O=C(Nc1nccs1)c1ccc(-c2ccc(F)cc2)s1. The van der Waals surface area contributed by atoms with Crippen molar-refractivity contribution in [2.24, 2.45) is 0 Å². The van der Waals surface area contributed by atoms with E-state index in [1.54, 1.807) is 29.8 Å². The first-order chi connectivity index (χ1) is 9.72. The second-order valence-electron chi connectivity index (χ2n) is 3.96. The fourth-order valence-electron chi connectivity index (χ4n) is 1.67. The Hall–Kier alpha value is -2.05. The molecule has 6 heteroatoms. The zero-order chi connectivity index (χ0) is 13.9. The van der Waals surface area contributed by atoms with E-state index in [4.69, 9.17) is 0 Å². The third-order valence-corrected chi connectivity index (χ3v) is 4.43. The monoisotopic (exact) mass is 304 g/mol. The first kappa shape index (κ1) is 13.0. The number of benzene rings is 1. The summed E-state index contributed by atoms with van der Waals surface area (Å²) in [6, 6.07) is 9.82. The van der Waals surface area contributed by atoms with Gasteiger partial charge in [0, 0.05) is 16.5 Å². The number of anilines is 1. The minimum Gasteiger partial charge on any atom is -0.297 e. The van der Waals surface area contributed by atoms with Gasteiger partial charge in [-0.25, -0.2) is 9.37 Å². The van der Waals surface area contributed by atoms with Gasteiger partial charge in [0.2, 0.25) is 0 Å². The molecule has 1 amide bonds. The molecule has 0 fully saturated rings. The van der Waals surface area contributed by atoms with Crippen LogP contribution in [0.1, 0.15) is 9.67 Å². The molecular weight excluding hydrogens is 295 g/mol. The van der Waals surface area contributed by atoms with Crippen LogP contribution in [0.3, 0.4) is 0 Å². The molecule has 3 rings (SSSR count). The van der Waals surface area contributed by atoms with Gasteiger partial charge in [-0.05, 0) is 29.8 Å². The van der Waals surface area contributed by atoms with Gasteiger partial charge in [-0.2, -0.15) is 0 Å². The van der Waals surface area contributed by atoms with Gasteiger partial charge in [-0.1, -0.05) is 12.1 Å². The van der Waals surface area contributed by atoms with Crippen molar-refractivity contribution in [3.8, 4) is 10.4 Å². The highest BCUT2D eigenvalue weighted by atomic mass is 32.1. The molecule has 2 aromatic heterocycles. The molecule has 0 spiro atoms. The van der Waals surface area contributed by atoms with Crippen LogP contribution in [0.5, 0.6) is 0 Å². The molecule has 0 aliphatic carbocycles. The van der Waals surface area contributed by atoms with Gasteiger partial charge < -0.3 is 0 Å². The summed E-state index contributed by atoms with van der Waals surface area (Å²) in [6.07, 6.45) is 1.64. The largest absolute Gasteiger partial charge is 0.297 e. The van der Waals surface area contributed by atoms with E-state index in [2.05, 4.69) is 10.3 Å². The van der Waals surface area contributed by atoms with E-state index in [9.17, 15) is 9.18 Å². The van der Waals surface area contributed by atoms with Gasteiger partial charge >= 0.3 is 0 Å². The minimum absolute atomic E-state index is 0.182. The van der Waals surface area contributed by atoms with Gasteiger partial charge in [-0.3, -0.25) is 10.1 Å². The highest BCUT2D eigenvalue weighted by Crippen LogP contribution is 2.28. The molecule has 3 nitrogen and oxygen atoms in total. The summed E-state index contributed by atoms with van der Waals surface area (Å²) in [5.41, 5.74) is 0.893. The van der Waals surface area contributed by atoms with Crippen molar-refractivity contribution < 1.29 is 9.18 Å². The lowest BCUT2D eigenvalue weighted by molar-refractivity contribution is 0.103. The Morgan fingerprint density at radius 2 is 1.95 bits per heavy atom. The Morgan fingerprint density at radius 1 is 1.15 bits per heavy atom. The number of carbonyl (C=O) groups is 1. The molecule has 2 heterocycles. The van der Waals surface area contributed by atoms with Crippen LogP contribution in [0.2, 0.25) is 0 Å². The van der Waals surface area contributed by atoms with Crippen LogP contribution >= 0.6 is 22.7 Å². The highest BCUT2D eigenvalue weighted by Gasteiger charge is 2.11. The van der Waals surface area contributed by atoms with Gasteiger partial charge in [0.25, 0.3) is 5.91 Å². The van der Waals surface area contributed by atoms with Crippen LogP contribution in [-0.4, -0.2) is 10.9 Å². The van der Waals surface area contributed by atoms with Crippen LogP contribution in [0.25, 0.3) is 10.4 Å². The molecule has 0 radical (unpaired) electrons. The summed E-state index contributed by atoms with van der Waals surface area (Å²) in [5.74, 6) is -0.453. The van der Waals surface area contributed by atoms with E-state index < -0.39 is 0 Å². The van der Waals surface area contributed by atoms with Gasteiger partial charge in [0.05, 0.1) is 4.88 Å². The van der Waals surface area contributed by atoms with Crippen molar-refractivity contribution in [3.63, 3.8) is 0 Å². The van der Waals surface area contributed by atoms with Crippen LogP contribution in [0.15, 0.2) is 48.0 Å². The van der Waals surface area contributed by atoms with Crippen LogP contribution in [0, 0.1) is 5.82 Å². The Balaban J connectivity index is 1.79. The molecule has 0 bridgehead atoms. The fraction of sp³-hybridized carbons (Fsp3) is 0. The molecule has 0 saturated carbocycles. The number of amides is 1. The van der Waals surface area contributed by atoms with Gasteiger partial charge in [0.1, 0.15) is 5.82 Å². The number of thiophene rings is 1. The summed E-state index contributed by atoms with van der Waals surface area (Å²) in [6.45, 7) is 0. The number of carbonyl (C=O) groups excluding carboxylic acids is 1. The minimum atomic E-state index is -0.271. The second kappa shape index (κ2) is 5.52. The van der Waals surface area contributed by atoms with Crippen LogP contribution < -0.4 is 5.32 Å². The summed E-state index contributed by atoms with van der Waals surface area (Å²) in [5, 5.41) is 5.11. The van der Waals surface area contributed by atoms with E-state index >= 15 is 0 Å². The Bertz CT molecular complexity index is 720. The summed E-state index contributed by atoms with van der Waals surface area (Å²) >= 11 is 2.73. The van der Waals surface area contributed by atoms with E-state index in [1.165, 1.54) is 34.8 Å². The number of aromatic nitrogens is 1. The van der Waals surface area contributed by atoms with E-state index in [0.29, 0.717) is 10.0 Å². The molecule has 0 aliphatic heterocycles. The molecule has 0 atom stereocenters. The molecule has 0 saturated heterocycles. The predicted octanol–water partition coefficient (Wildman–Crippen LogP) is 4.26. The van der Waals surface area contributed by atoms with Crippen molar-refractivity contribution in [1.82, 2.24) is 4.98 Å². The topological polar surface area (TPSA) is 42.0 Å². The van der Waals surface area contributed by atoms with Gasteiger partial charge in [0.15, 0.2) is 5.13 Å². The number of hydrogen-bond donors (Lipinski definition) is 1. The normalized spacial score (nSPS) is 10.4. The number of hydrogen-bond acceptors (Lipinski definition) is 4. The average Bonchev–Trinajstić information content (AvgIpc) is 3.10. The van der Waals surface area contributed by atoms with Crippen LogP contribution in [-0.2, 0) is 0 Å². The molecule has 20 heavy (non-hydrogen) atoms. The number of rotatable bonds is 3. The van der Waals surface area contributed by atoms with Crippen molar-refractivity contribution >= 4 is 33.7 Å². The maximum absolute atomic E-state index is 12.9. The van der Waals surface area contributed by atoms with Crippen molar-refractivity contribution in [3.05, 3.63) is 58.7 Å². The maximum Gasteiger partial charge on any atom is 0.267 e. The zero-order valence-electron chi connectivity index (χ0n) is 10.2. The quantitative estimate of drug-likeness (QED) is 0.785. The molecule has 100 valence electrons. The molecular formula is C14H9FN2OS2. The maximum atomic E-state index is 12.9. The number of halogens is 1. The zero-order valence-corrected chi connectivity index (χ0v) is 11.8. The smallest absolute Gasteiger partial charge is 0.267 e. The third kappa shape index (κ3) is 2.76. The lowest BCUT2D eigenvalue weighted by atomic mass is 10.2.